The molecule has 0 amide bonds. The fraction of sp³-hybridized carbons (Fsp3) is 0.312. The lowest BCUT2D eigenvalue weighted by Gasteiger charge is -2.27. The molecule has 1 aromatic heterocycles. The van der Waals surface area contributed by atoms with E-state index in [1.165, 1.54) is 5.56 Å². The quantitative estimate of drug-likeness (QED) is 0.926. The van der Waals surface area contributed by atoms with Crippen LogP contribution in [-0.2, 0) is 0 Å². The van der Waals surface area contributed by atoms with Gasteiger partial charge in [0, 0.05) is 24.3 Å². The average Bonchev–Trinajstić information content (AvgIpc) is 2.46. The molecular formula is C16H20ClN3. The van der Waals surface area contributed by atoms with Crippen LogP contribution in [0, 0.1) is 0 Å². The van der Waals surface area contributed by atoms with Gasteiger partial charge in [-0.1, -0.05) is 23.7 Å². The summed E-state index contributed by atoms with van der Waals surface area (Å²) in [7, 11) is 2.03. The Morgan fingerprint density at radius 2 is 1.75 bits per heavy atom. The van der Waals surface area contributed by atoms with Gasteiger partial charge in [-0.15, -0.1) is 0 Å². The highest BCUT2D eigenvalue weighted by Gasteiger charge is 2.14. The molecule has 0 saturated carbocycles. The van der Waals surface area contributed by atoms with Crippen LogP contribution in [0.5, 0.6) is 0 Å². The first-order valence-corrected chi connectivity index (χ1v) is 7.06. The molecule has 1 aromatic carbocycles. The number of hydrogen-bond acceptors (Lipinski definition) is 3. The summed E-state index contributed by atoms with van der Waals surface area (Å²) in [6.07, 6.45) is 1.80. The Labute approximate surface area is 125 Å². The molecule has 0 radical (unpaired) electrons. The third-order valence-corrected chi connectivity index (χ3v) is 3.84. The Kier molecular flexibility index (Phi) is 4.63. The minimum Gasteiger partial charge on any atom is -0.353 e. The predicted octanol–water partition coefficient (Wildman–Crippen LogP) is 3.95. The summed E-state index contributed by atoms with van der Waals surface area (Å²) in [5.41, 5.74) is 8.21. The molecule has 0 aliphatic carbocycles. The molecule has 4 heteroatoms. The van der Waals surface area contributed by atoms with Crippen molar-refractivity contribution in [3.05, 3.63) is 58.7 Å². The molecular weight excluding hydrogens is 270 g/mol. The molecule has 0 aliphatic heterocycles. The molecule has 2 N–H and O–H groups in total. The summed E-state index contributed by atoms with van der Waals surface area (Å²) in [6, 6.07) is 12.1. The predicted molar refractivity (Wildman–Crippen MR) is 85.1 cm³/mol. The normalized spacial score (nSPS) is 13.8. The highest BCUT2D eigenvalue weighted by Crippen LogP contribution is 2.26. The molecule has 2 rings (SSSR count). The van der Waals surface area contributed by atoms with Crippen LogP contribution >= 0.6 is 11.6 Å². The zero-order valence-corrected chi connectivity index (χ0v) is 12.8. The van der Waals surface area contributed by atoms with Gasteiger partial charge >= 0.3 is 0 Å². The van der Waals surface area contributed by atoms with Crippen molar-refractivity contribution in [1.82, 2.24) is 4.98 Å². The number of nitrogens with zero attached hydrogens (tertiary/aromatic N) is 2. The molecule has 1 heterocycles. The van der Waals surface area contributed by atoms with Gasteiger partial charge in [0.15, 0.2) is 0 Å². The van der Waals surface area contributed by atoms with E-state index in [-0.39, 0.29) is 12.1 Å². The number of anilines is 1. The molecule has 106 valence electrons. The summed E-state index contributed by atoms with van der Waals surface area (Å²) < 4.78 is 0. The number of pyridine rings is 1. The molecule has 0 spiro atoms. The number of benzene rings is 1. The van der Waals surface area contributed by atoms with Crippen molar-refractivity contribution in [2.24, 2.45) is 5.73 Å². The average molecular weight is 290 g/mol. The molecule has 0 bridgehead atoms. The Bertz CT molecular complexity index is 566. The first-order chi connectivity index (χ1) is 9.49. The first-order valence-electron chi connectivity index (χ1n) is 6.69. The van der Waals surface area contributed by atoms with Gasteiger partial charge in [0.2, 0.25) is 0 Å². The fourth-order valence-electron chi connectivity index (χ4n) is 2.07. The molecule has 2 atom stereocenters. The highest BCUT2D eigenvalue weighted by molar-refractivity contribution is 6.30. The van der Waals surface area contributed by atoms with Crippen LogP contribution in [0.2, 0.25) is 5.02 Å². The lowest BCUT2D eigenvalue weighted by Crippen LogP contribution is -2.23. The van der Waals surface area contributed by atoms with Gasteiger partial charge in [-0.25, -0.2) is 4.98 Å². The van der Waals surface area contributed by atoms with E-state index in [0.29, 0.717) is 0 Å². The van der Waals surface area contributed by atoms with Gasteiger partial charge in [-0.2, -0.15) is 0 Å². The third-order valence-electron chi connectivity index (χ3n) is 3.59. The summed E-state index contributed by atoms with van der Waals surface area (Å²) in [4.78, 5) is 6.56. The molecule has 0 saturated heterocycles. The van der Waals surface area contributed by atoms with E-state index in [4.69, 9.17) is 17.3 Å². The number of halogens is 1. The lowest BCUT2D eigenvalue weighted by molar-refractivity contribution is 0.725. The summed E-state index contributed by atoms with van der Waals surface area (Å²) in [5, 5.41) is 0.751. The van der Waals surface area contributed by atoms with Crippen molar-refractivity contribution < 1.29 is 0 Å². The summed E-state index contributed by atoms with van der Waals surface area (Å²) in [5.74, 6) is 0.919. The van der Waals surface area contributed by atoms with Gasteiger partial charge in [0.05, 0.1) is 6.04 Å². The second kappa shape index (κ2) is 6.25. The Morgan fingerprint density at radius 1 is 1.10 bits per heavy atom. The Hall–Kier alpha value is -1.58. The SMILES string of the molecule is CC(c1ccc(Cl)cc1)N(C)c1cc([C@@H](C)N)ccn1. The monoisotopic (exact) mass is 289 g/mol. The Morgan fingerprint density at radius 3 is 2.35 bits per heavy atom. The molecule has 0 fully saturated rings. The largest absolute Gasteiger partial charge is 0.353 e. The number of nitrogens with two attached hydrogens (primary N) is 1. The van der Waals surface area contributed by atoms with E-state index in [1.807, 2.05) is 50.4 Å². The maximum absolute atomic E-state index is 5.93. The van der Waals surface area contributed by atoms with Crippen LogP contribution in [0.15, 0.2) is 42.6 Å². The van der Waals surface area contributed by atoms with Crippen molar-refractivity contribution in [2.75, 3.05) is 11.9 Å². The molecule has 2 aromatic rings. The van der Waals surface area contributed by atoms with Crippen LogP contribution in [0.4, 0.5) is 5.82 Å². The van der Waals surface area contributed by atoms with Crippen LogP contribution in [-0.4, -0.2) is 12.0 Å². The van der Waals surface area contributed by atoms with Crippen LogP contribution in [0.25, 0.3) is 0 Å². The van der Waals surface area contributed by atoms with E-state index >= 15 is 0 Å². The van der Waals surface area contributed by atoms with Crippen molar-refractivity contribution in [2.45, 2.75) is 25.9 Å². The Balaban J connectivity index is 2.24. The van der Waals surface area contributed by atoms with Gasteiger partial charge < -0.3 is 10.6 Å². The second-order valence-corrected chi connectivity index (χ2v) is 5.51. The second-order valence-electron chi connectivity index (χ2n) is 5.07. The van der Waals surface area contributed by atoms with Crippen LogP contribution < -0.4 is 10.6 Å². The molecule has 3 nitrogen and oxygen atoms in total. The van der Waals surface area contributed by atoms with Crippen molar-refractivity contribution >= 4 is 17.4 Å². The van der Waals surface area contributed by atoms with E-state index in [1.54, 1.807) is 6.20 Å². The minimum atomic E-state index is 0.0102. The first kappa shape index (κ1) is 14.8. The maximum Gasteiger partial charge on any atom is 0.129 e. The van der Waals surface area contributed by atoms with Crippen molar-refractivity contribution in [1.29, 1.82) is 0 Å². The highest BCUT2D eigenvalue weighted by atomic mass is 35.5. The molecule has 20 heavy (non-hydrogen) atoms. The number of rotatable bonds is 4. The topological polar surface area (TPSA) is 42.1 Å². The smallest absolute Gasteiger partial charge is 0.129 e. The molecule has 1 unspecified atom stereocenters. The number of hydrogen-bond donors (Lipinski definition) is 1. The van der Waals surface area contributed by atoms with Crippen LogP contribution in [0.1, 0.15) is 37.1 Å². The maximum atomic E-state index is 5.93. The fourth-order valence-corrected chi connectivity index (χ4v) is 2.20. The van der Waals surface area contributed by atoms with Gasteiger partial charge in [-0.05, 0) is 49.2 Å². The number of aromatic nitrogens is 1. The zero-order chi connectivity index (χ0) is 14.7. The van der Waals surface area contributed by atoms with Gasteiger partial charge in [-0.3, -0.25) is 0 Å². The van der Waals surface area contributed by atoms with E-state index in [9.17, 15) is 0 Å². The lowest BCUT2D eigenvalue weighted by atomic mass is 10.1. The minimum absolute atomic E-state index is 0.0102. The van der Waals surface area contributed by atoms with E-state index < -0.39 is 0 Å². The zero-order valence-electron chi connectivity index (χ0n) is 12.0. The van der Waals surface area contributed by atoms with E-state index in [2.05, 4.69) is 16.8 Å². The standard InChI is InChI=1S/C16H20ClN3/c1-11(18)14-8-9-19-16(10-14)20(3)12(2)13-4-6-15(17)7-5-13/h4-12H,18H2,1-3H3/t11-,12?/m1/s1. The van der Waals surface area contributed by atoms with Crippen molar-refractivity contribution in [3.63, 3.8) is 0 Å². The van der Waals surface area contributed by atoms with Gasteiger partial charge in [0.25, 0.3) is 0 Å². The van der Waals surface area contributed by atoms with E-state index in [0.717, 1.165) is 16.4 Å². The third kappa shape index (κ3) is 3.30. The summed E-state index contributed by atoms with van der Waals surface area (Å²) in [6.45, 7) is 4.12. The molecule has 0 aliphatic rings. The van der Waals surface area contributed by atoms with Crippen molar-refractivity contribution in [3.8, 4) is 0 Å². The van der Waals surface area contributed by atoms with Crippen LogP contribution in [0.3, 0.4) is 0 Å². The van der Waals surface area contributed by atoms with Gasteiger partial charge in [0.1, 0.15) is 5.82 Å². The summed E-state index contributed by atoms with van der Waals surface area (Å²) >= 11 is 5.93.